The molecule has 8 heteroatoms. The Morgan fingerprint density at radius 3 is 2.59 bits per heavy atom. The van der Waals surface area contributed by atoms with Crippen molar-refractivity contribution in [3.63, 3.8) is 0 Å². The molecule has 37 heavy (non-hydrogen) atoms. The Kier molecular flexibility index (Phi) is 7.18. The van der Waals surface area contributed by atoms with Crippen molar-refractivity contribution in [2.45, 2.75) is 31.8 Å². The van der Waals surface area contributed by atoms with Crippen LogP contribution in [-0.4, -0.2) is 37.1 Å². The summed E-state index contributed by atoms with van der Waals surface area (Å²) < 4.78 is 2.08. The molecule has 1 fully saturated rings. The number of carbonyl (C=O) groups is 1. The van der Waals surface area contributed by atoms with Crippen molar-refractivity contribution < 1.29 is 9.90 Å². The monoisotopic (exact) mass is 511 g/mol. The van der Waals surface area contributed by atoms with Crippen LogP contribution >= 0.6 is 12.2 Å². The van der Waals surface area contributed by atoms with Crippen LogP contribution in [0.5, 0.6) is 5.75 Å². The number of benzene rings is 2. The lowest BCUT2D eigenvalue weighted by Gasteiger charge is -2.29. The van der Waals surface area contributed by atoms with Gasteiger partial charge in [-0.05, 0) is 78.8 Å². The Morgan fingerprint density at radius 2 is 1.84 bits per heavy atom. The summed E-state index contributed by atoms with van der Waals surface area (Å²) in [7, 11) is 0. The van der Waals surface area contributed by atoms with Gasteiger partial charge < -0.3 is 25.2 Å². The molecule has 3 N–H and O–H groups in total. The molecule has 4 aromatic rings. The van der Waals surface area contributed by atoms with Crippen molar-refractivity contribution in [2.24, 2.45) is 0 Å². The van der Waals surface area contributed by atoms with Gasteiger partial charge in [0, 0.05) is 42.4 Å². The molecular formula is C29H29N5O2S. The summed E-state index contributed by atoms with van der Waals surface area (Å²) in [4.78, 5) is 19.6. The quantitative estimate of drug-likeness (QED) is 0.284. The van der Waals surface area contributed by atoms with E-state index in [1.54, 1.807) is 18.3 Å². The van der Waals surface area contributed by atoms with Gasteiger partial charge in [0.2, 0.25) is 5.91 Å². The molecule has 1 aliphatic heterocycles. The molecule has 1 aliphatic rings. The van der Waals surface area contributed by atoms with Gasteiger partial charge in [-0.25, -0.2) is 0 Å². The van der Waals surface area contributed by atoms with Gasteiger partial charge in [-0.15, -0.1) is 0 Å². The lowest BCUT2D eigenvalue weighted by atomic mass is 10.0. The number of rotatable bonds is 8. The zero-order chi connectivity index (χ0) is 25.8. The number of aryl methyl sites for hydroxylation is 1. The zero-order valence-corrected chi connectivity index (χ0v) is 21.4. The smallest absolute Gasteiger partial charge is 0.226 e. The number of amides is 1. The highest BCUT2D eigenvalue weighted by Gasteiger charge is 2.41. The van der Waals surface area contributed by atoms with E-state index in [0.29, 0.717) is 11.7 Å². The number of nitrogens with one attached hydrogen (secondary N) is 2. The van der Waals surface area contributed by atoms with Crippen molar-refractivity contribution in [2.75, 3.05) is 11.9 Å². The predicted molar refractivity (Wildman–Crippen MR) is 149 cm³/mol. The van der Waals surface area contributed by atoms with Crippen molar-refractivity contribution >= 4 is 28.9 Å². The lowest BCUT2D eigenvalue weighted by molar-refractivity contribution is -0.116. The van der Waals surface area contributed by atoms with E-state index in [2.05, 4.69) is 38.1 Å². The van der Waals surface area contributed by atoms with E-state index < -0.39 is 0 Å². The lowest BCUT2D eigenvalue weighted by Crippen LogP contribution is -2.33. The summed E-state index contributed by atoms with van der Waals surface area (Å²) >= 11 is 5.78. The highest BCUT2D eigenvalue weighted by atomic mass is 32.1. The maximum atomic E-state index is 13.0. The van der Waals surface area contributed by atoms with Gasteiger partial charge in [0.15, 0.2) is 5.11 Å². The van der Waals surface area contributed by atoms with E-state index in [1.807, 2.05) is 66.9 Å². The molecule has 7 nitrogen and oxygen atoms in total. The van der Waals surface area contributed by atoms with Crippen LogP contribution in [0.3, 0.4) is 0 Å². The molecule has 2 aromatic heterocycles. The third-order valence-electron chi connectivity index (χ3n) is 6.66. The predicted octanol–water partition coefficient (Wildman–Crippen LogP) is 5.14. The second kappa shape index (κ2) is 10.8. The molecule has 0 radical (unpaired) electrons. The fourth-order valence-electron chi connectivity index (χ4n) is 4.84. The molecule has 2 atom stereocenters. The highest BCUT2D eigenvalue weighted by Crippen LogP contribution is 2.39. The molecule has 0 bridgehead atoms. The van der Waals surface area contributed by atoms with E-state index in [4.69, 9.17) is 12.2 Å². The zero-order valence-electron chi connectivity index (χ0n) is 20.5. The average molecular weight is 512 g/mol. The first-order chi connectivity index (χ1) is 18.0. The maximum absolute atomic E-state index is 13.0. The van der Waals surface area contributed by atoms with Gasteiger partial charge in [0.25, 0.3) is 0 Å². The minimum atomic E-state index is -0.193. The van der Waals surface area contributed by atoms with Gasteiger partial charge in [-0.2, -0.15) is 0 Å². The fourth-order valence-corrected chi connectivity index (χ4v) is 5.17. The fraction of sp³-hybridized carbons (Fsp3) is 0.207. The van der Waals surface area contributed by atoms with Crippen LogP contribution in [0.15, 0.2) is 91.3 Å². The number of thiocarbonyl (C=S) groups is 1. The number of aromatic hydroxyl groups is 1. The number of hydrogen-bond acceptors (Lipinski definition) is 4. The summed E-state index contributed by atoms with van der Waals surface area (Å²) in [5, 5.41) is 16.9. The van der Waals surface area contributed by atoms with Crippen LogP contribution in [0.1, 0.15) is 42.4 Å². The van der Waals surface area contributed by atoms with Crippen molar-refractivity contribution in [1.29, 1.82) is 0 Å². The number of pyridine rings is 1. The Balaban J connectivity index is 1.43. The van der Waals surface area contributed by atoms with Gasteiger partial charge in [0.05, 0.1) is 17.8 Å². The van der Waals surface area contributed by atoms with Crippen LogP contribution in [0.2, 0.25) is 0 Å². The first kappa shape index (κ1) is 24.5. The summed E-state index contributed by atoms with van der Waals surface area (Å²) in [5.74, 6) is 0.155. The Morgan fingerprint density at radius 1 is 1.05 bits per heavy atom. The molecule has 0 spiro atoms. The summed E-state index contributed by atoms with van der Waals surface area (Å²) in [6.07, 6.45) is 4.90. The molecule has 5 rings (SSSR count). The van der Waals surface area contributed by atoms with Crippen LogP contribution < -0.4 is 10.6 Å². The molecule has 1 amide bonds. The van der Waals surface area contributed by atoms with E-state index in [1.165, 1.54) is 0 Å². The highest BCUT2D eigenvalue weighted by molar-refractivity contribution is 7.80. The normalized spacial score (nSPS) is 17.0. The number of carbonyl (C=O) groups excluding carboxylic acids is 1. The molecule has 0 aliphatic carbocycles. The number of aromatic nitrogens is 2. The number of hydrogen-bond donors (Lipinski definition) is 3. The van der Waals surface area contributed by atoms with Gasteiger partial charge >= 0.3 is 0 Å². The third-order valence-corrected chi connectivity index (χ3v) is 7.01. The van der Waals surface area contributed by atoms with Crippen molar-refractivity contribution in [3.05, 3.63) is 108 Å². The molecule has 188 valence electrons. The van der Waals surface area contributed by atoms with Crippen LogP contribution in [-0.2, 0) is 11.2 Å². The molecule has 3 heterocycles. The SMILES string of the molecule is CCc1ccccc1NC(=O)CCN1C(=S)NC(c2ccccn2)C1c1cccn1-c1ccc(O)cc1. The third kappa shape index (κ3) is 5.20. The molecular weight excluding hydrogens is 482 g/mol. The molecule has 0 saturated carbocycles. The van der Waals surface area contributed by atoms with E-state index >= 15 is 0 Å². The number of nitrogens with zero attached hydrogens (tertiary/aromatic N) is 3. The summed E-state index contributed by atoms with van der Waals surface area (Å²) in [5.41, 5.74) is 4.75. The van der Waals surface area contributed by atoms with Crippen LogP contribution in [0.4, 0.5) is 5.69 Å². The second-order valence-corrected chi connectivity index (χ2v) is 9.34. The Hall–Kier alpha value is -4.17. The minimum absolute atomic E-state index is 0.0577. The minimum Gasteiger partial charge on any atom is -0.508 e. The van der Waals surface area contributed by atoms with E-state index in [-0.39, 0.29) is 30.2 Å². The number of para-hydroxylation sites is 1. The molecule has 2 aromatic carbocycles. The number of phenolic OH excluding ortho intramolecular Hbond substituents is 1. The van der Waals surface area contributed by atoms with Crippen molar-refractivity contribution in [1.82, 2.24) is 19.8 Å². The van der Waals surface area contributed by atoms with Gasteiger partial charge in [-0.3, -0.25) is 9.78 Å². The standard InChI is InChI=1S/C29H29N5O2S/c1-2-20-8-3-4-9-23(20)31-26(36)16-19-34-28(27(32-29(34)37)24-10-5-6-17-30-24)25-11-7-18-33(25)21-12-14-22(35)15-13-21/h3-15,17-18,27-28,35H,2,16,19H2,1H3,(H,31,36)(H,32,37). The largest absolute Gasteiger partial charge is 0.508 e. The Labute approximate surface area is 221 Å². The second-order valence-electron chi connectivity index (χ2n) is 8.95. The number of anilines is 1. The first-order valence-electron chi connectivity index (χ1n) is 12.4. The van der Waals surface area contributed by atoms with Crippen LogP contribution in [0, 0.1) is 0 Å². The van der Waals surface area contributed by atoms with Crippen molar-refractivity contribution in [3.8, 4) is 11.4 Å². The molecule has 1 saturated heterocycles. The van der Waals surface area contributed by atoms with Gasteiger partial charge in [-0.1, -0.05) is 31.2 Å². The number of phenols is 1. The van der Waals surface area contributed by atoms with Gasteiger partial charge in [0.1, 0.15) is 5.75 Å². The first-order valence-corrected chi connectivity index (χ1v) is 12.8. The summed E-state index contributed by atoms with van der Waals surface area (Å²) in [6, 6.07) is 24.5. The van der Waals surface area contributed by atoms with E-state index in [0.717, 1.165) is 34.7 Å². The maximum Gasteiger partial charge on any atom is 0.226 e. The molecule has 2 unspecified atom stereocenters. The summed E-state index contributed by atoms with van der Waals surface area (Å²) in [6.45, 7) is 2.52. The average Bonchev–Trinajstić information content (AvgIpc) is 3.53. The Bertz CT molecular complexity index is 1390. The van der Waals surface area contributed by atoms with Crippen LogP contribution in [0.25, 0.3) is 5.69 Å². The van der Waals surface area contributed by atoms with E-state index in [9.17, 15) is 9.90 Å². The topological polar surface area (TPSA) is 82.4 Å².